The molecule has 9 aromatic rings. The third-order valence-electron chi connectivity index (χ3n) is 11.2. The second-order valence-electron chi connectivity index (χ2n) is 14.0. The van der Waals surface area contributed by atoms with E-state index < -0.39 is 5.41 Å². The van der Waals surface area contributed by atoms with E-state index in [4.69, 9.17) is 4.74 Å². The van der Waals surface area contributed by atoms with Crippen molar-refractivity contribution in [2.45, 2.75) is 15.2 Å². The van der Waals surface area contributed by atoms with Gasteiger partial charge in [-0.3, -0.25) is 0 Å². The van der Waals surface area contributed by atoms with E-state index in [-0.39, 0.29) is 0 Å². The maximum atomic E-state index is 6.56. The quantitative estimate of drug-likeness (QED) is 0.169. The topological polar surface area (TPSA) is 12.5 Å². The molecule has 2 aliphatic heterocycles. The standard InChI is InChI=1S/C51H33NOS/c1-2-15-37(16-3-1)52(46-32-36-14-4-5-17-39(36)40-18-6-7-19-41(40)46)38-29-26-34(27-30-38)35-28-31-45-50(33-35)54-49-25-13-10-22-44(49)51(45)42-20-8-11-23-47(42)53-48-24-12-9-21-43(48)51/h1-33H. The van der Waals surface area contributed by atoms with Crippen molar-refractivity contribution in [1.82, 2.24) is 0 Å². The summed E-state index contributed by atoms with van der Waals surface area (Å²) in [6.07, 6.45) is 0. The minimum Gasteiger partial charge on any atom is -0.457 e. The van der Waals surface area contributed by atoms with Gasteiger partial charge in [0.05, 0.1) is 11.1 Å². The van der Waals surface area contributed by atoms with E-state index in [1.54, 1.807) is 0 Å². The molecule has 2 nitrogen and oxygen atoms in total. The zero-order valence-electron chi connectivity index (χ0n) is 29.3. The molecule has 2 heterocycles. The Hall–Kier alpha value is -6.55. The molecule has 0 saturated carbocycles. The van der Waals surface area contributed by atoms with Crippen LogP contribution in [0.4, 0.5) is 17.1 Å². The van der Waals surface area contributed by atoms with Gasteiger partial charge in [0.2, 0.25) is 0 Å². The first-order chi connectivity index (χ1) is 26.8. The normalized spacial score (nSPS) is 13.4. The molecule has 0 unspecified atom stereocenters. The number of ether oxygens (including phenoxy) is 1. The van der Waals surface area contributed by atoms with Gasteiger partial charge in [-0.2, -0.15) is 0 Å². The van der Waals surface area contributed by atoms with Gasteiger partial charge in [0, 0.05) is 37.7 Å². The van der Waals surface area contributed by atoms with Crippen LogP contribution in [0.2, 0.25) is 0 Å². The van der Waals surface area contributed by atoms with E-state index in [1.165, 1.54) is 64.7 Å². The lowest BCUT2D eigenvalue weighted by Gasteiger charge is -2.45. The highest BCUT2D eigenvalue weighted by Gasteiger charge is 2.49. The van der Waals surface area contributed by atoms with Crippen molar-refractivity contribution in [3.63, 3.8) is 0 Å². The fraction of sp³-hybridized carbons (Fsp3) is 0.0196. The molecule has 0 bridgehead atoms. The molecule has 11 rings (SSSR count). The van der Waals surface area contributed by atoms with Crippen LogP contribution < -0.4 is 9.64 Å². The molecule has 2 aliphatic rings. The summed E-state index contributed by atoms with van der Waals surface area (Å²) in [5, 5.41) is 4.97. The number of benzene rings is 9. The van der Waals surface area contributed by atoms with Crippen LogP contribution in [0.5, 0.6) is 11.5 Å². The Bertz CT molecular complexity index is 2830. The third kappa shape index (κ3) is 4.62. The zero-order valence-corrected chi connectivity index (χ0v) is 30.1. The Kier molecular flexibility index (Phi) is 7.05. The van der Waals surface area contributed by atoms with Crippen molar-refractivity contribution in [3.05, 3.63) is 222 Å². The lowest BCUT2D eigenvalue weighted by Crippen LogP contribution is -2.36. The van der Waals surface area contributed by atoms with Crippen molar-refractivity contribution in [3.8, 4) is 22.6 Å². The fourth-order valence-corrected chi connectivity index (χ4v) is 10.1. The van der Waals surface area contributed by atoms with Crippen molar-refractivity contribution in [2.75, 3.05) is 4.90 Å². The molecule has 0 aromatic heterocycles. The van der Waals surface area contributed by atoms with Crippen molar-refractivity contribution >= 4 is 50.4 Å². The van der Waals surface area contributed by atoms with Gasteiger partial charge in [-0.05, 0) is 93.0 Å². The summed E-state index contributed by atoms with van der Waals surface area (Å²) in [5.74, 6) is 1.82. The average molecular weight is 708 g/mol. The van der Waals surface area contributed by atoms with E-state index in [2.05, 4.69) is 205 Å². The van der Waals surface area contributed by atoms with E-state index >= 15 is 0 Å². The first-order valence-corrected chi connectivity index (χ1v) is 19.2. The summed E-state index contributed by atoms with van der Waals surface area (Å²) >= 11 is 1.86. The number of hydrogen-bond donors (Lipinski definition) is 0. The molecule has 0 aliphatic carbocycles. The van der Waals surface area contributed by atoms with Crippen molar-refractivity contribution in [2.24, 2.45) is 0 Å². The van der Waals surface area contributed by atoms with Crippen LogP contribution in [0.25, 0.3) is 32.7 Å². The van der Waals surface area contributed by atoms with Crippen LogP contribution in [-0.4, -0.2) is 0 Å². The molecule has 3 heteroatoms. The Labute approximate surface area is 318 Å². The molecule has 254 valence electrons. The SMILES string of the molecule is c1ccc(N(c2ccc(-c3ccc4c(c3)Sc3ccccc3C43c4ccccc4Oc4ccccc43)cc2)c2cc3ccccc3c3ccccc23)cc1. The average Bonchev–Trinajstić information content (AvgIpc) is 3.24. The van der Waals surface area contributed by atoms with Crippen molar-refractivity contribution < 1.29 is 4.74 Å². The first kappa shape index (κ1) is 31.0. The number of fused-ring (bicyclic) bond motifs is 11. The van der Waals surface area contributed by atoms with E-state index in [0.29, 0.717) is 0 Å². The fourth-order valence-electron chi connectivity index (χ4n) is 8.83. The van der Waals surface area contributed by atoms with Gasteiger partial charge < -0.3 is 9.64 Å². The lowest BCUT2D eigenvalue weighted by molar-refractivity contribution is 0.431. The molecule has 1 spiro atoms. The molecule has 0 amide bonds. The highest BCUT2D eigenvalue weighted by Crippen LogP contribution is 2.61. The molecular formula is C51H33NOS. The van der Waals surface area contributed by atoms with Crippen LogP contribution >= 0.6 is 11.8 Å². The summed E-state index contributed by atoms with van der Waals surface area (Å²) in [4.78, 5) is 4.92. The van der Waals surface area contributed by atoms with Gasteiger partial charge >= 0.3 is 0 Å². The van der Waals surface area contributed by atoms with Gasteiger partial charge in [-0.15, -0.1) is 0 Å². The molecule has 54 heavy (non-hydrogen) atoms. The number of rotatable bonds is 4. The Morgan fingerprint density at radius 3 is 1.70 bits per heavy atom. The number of anilines is 3. The van der Waals surface area contributed by atoms with E-state index in [1.807, 2.05) is 11.8 Å². The minimum atomic E-state index is -0.496. The monoisotopic (exact) mass is 707 g/mol. The molecule has 0 fully saturated rings. The molecule has 0 saturated heterocycles. The predicted octanol–water partition coefficient (Wildman–Crippen LogP) is 14.1. The van der Waals surface area contributed by atoms with Crippen LogP contribution in [0.1, 0.15) is 22.3 Å². The Morgan fingerprint density at radius 2 is 0.944 bits per heavy atom. The Balaban J connectivity index is 1.06. The van der Waals surface area contributed by atoms with Gasteiger partial charge in [0.15, 0.2) is 0 Å². The lowest BCUT2D eigenvalue weighted by atomic mass is 9.63. The number of nitrogens with zero attached hydrogens (tertiary/aromatic N) is 1. The Morgan fingerprint density at radius 1 is 0.389 bits per heavy atom. The van der Waals surface area contributed by atoms with E-state index in [0.717, 1.165) is 28.6 Å². The number of hydrogen-bond acceptors (Lipinski definition) is 3. The zero-order chi connectivity index (χ0) is 35.6. The molecule has 0 radical (unpaired) electrons. The van der Waals surface area contributed by atoms with Crippen molar-refractivity contribution in [1.29, 1.82) is 0 Å². The molecular weight excluding hydrogens is 675 g/mol. The predicted molar refractivity (Wildman–Crippen MR) is 224 cm³/mol. The van der Waals surface area contributed by atoms with E-state index in [9.17, 15) is 0 Å². The maximum Gasteiger partial charge on any atom is 0.132 e. The van der Waals surface area contributed by atoms with Crippen LogP contribution in [0.15, 0.2) is 210 Å². The smallest absolute Gasteiger partial charge is 0.132 e. The van der Waals surface area contributed by atoms with Crippen LogP contribution in [-0.2, 0) is 5.41 Å². The minimum absolute atomic E-state index is 0.496. The molecule has 9 aromatic carbocycles. The summed E-state index contributed by atoms with van der Waals surface area (Å²) < 4.78 is 6.56. The highest BCUT2D eigenvalue weighted by atomic mass is 32.2. The van der Waals surface area contributed by atoms with Gasteiger partial charge in [0.25, 0.3) is 0 Å². The van der Waals surface area contributed by atoms with Gasteiger partial charge in [0.1, 0.15) is 11.5 Å². The second kappa shape index (κ2) is 12.3. The summed E-state index contributed by atoms with van der Waals surface area (Å²) in [6.45, 7) is 0. The van der Waals surface area contributed by atoms with Crippen LogP contribution in [0.3, 0.4) is 0 Å². The highest BCUT2D eigenvalue weighted by molar-refractivity contribution is 7.99. The summed E-state index contributed by atoms with van der Waals surface area (Å²) in [6, 6.07) is 72.6. The number of para-hydroxylation sites is 3. The molecule has 0 atom stereocenters. The molecule has 0 N–H and O–H groups in total. The second-order valence-corrected chi connectivity index (χ2v) is 15.1. The van der Waals surface area contributed by atoms with Gasteiger partial charge in [-0.25, -0.2) is 0 Å². The summed E-state index contributed by atoms with van der Waals surface area (Å²) in [5.41, 5.74) is 10.2. The van der Waals surface area contributed by atoms with Crippen LogP contribution in [0, 0.1) is 0 Å². The van der Waals surface area contributed by atoms with Gasteiger partial charge in [-0.1, -0.05) is 157 Å². The third-order valence-corrected chi connectivity index (χ3v) is 12.3. The summed E-state index contributed by atoms with van der Waals surface area (Å²) in [7, 11) is 0. The largest absolute Gasteiger partial charge is 0.457 e. The first-order valence-electron chi connectivity index (χ1n) is 18.4. The maximum absolute atomic E-state index is 6.56.